The van der Waals surface area contributed by atoms with Crippen LogP contribution in [0.5, 0.6) is 0 Å². The fraction of sp³-hybridized carbons (Fsp3) is 0.571. The Kier molecular flexibility index (Phi) is 3.31. The molecule has 2 heteroatoms. The van der Waals surface area contributed by atoms with E-state index in [0.29, 0.717) is 6.04 Å². The molecular weight excluding hydrogens is 196 g/mol. The fourth-order valence-electron chi connectivity index (χ4n) is 2.35. The summed E-state index contributed by atoms with van der Waals surface area (Å²) in [5.74, 6) is 0. The van der Waals surface area contributed by atoms with Gasteiger partial charge in [-0.3, -0.25) is 0 Å². The highest BCUT2D eigenvalue weighted by atomic mass is 15.0. The van der Waals surface area contributed by atoms with Gasteiger partial charge in [0.05, 0.1) is 0 Å². The molecular formula is C14H22N2. The number of rotatable bonds is 3. The van der Waals surface area contributed by atoms with Crippen molar-refractivity contribution in [2.24, 2.45) is 5.73 Å². The van der Waals surface area contributed by atoms with E-state index in [-0.39, 0.29) is 5.54 Å². The van der Waals surface area contributed by atoms with Gasteiger partial charge in [0.1, 0.15) is 0 Å². The van der Waals surface area contributed by atoms with Crippen molar-refractivity contribution in [3.63, 3.8) is 0 Å². The van der Waals surface area contributed by atoms with E-state index in [2.05, 4.69) is 43.4 Å². The van der Waals surface area contributed by atoms with Crippen LogP contribution in [0.15, 0.2) is 24.3 Å². The zero-order valence-electron chi connectivity index (χ0n) is 10.3. The number of benzene rings is 1. The minimum atomic E-state index is -0.133. The molecule has 88 valence electrons. The van der Waals surface area contributed by atoms with E-state index >= 15 is 0 Å². The molecule has 0 bridgehead atoms. The molecule has 0 saturated heterocycles. The molecule has 16 heavy (non-hydrogen) atoms. The summed E-state index contributed by atoms with van der Waals surface area (Å²) >= 11 is 0. The van der Waals surface area contributed by atoms with E-state index in [9.17, 15) is 0 Å². The Balaban J connectivity index is 2.07. The van der Waals surface area contributed by atoms with E-state index in [1.54, 1.807) is 0 Å². The first kappa shape index (κ1) is 11.6. The molecule has 1 unspecified atom stereocenters. The van der Waals surface area contributed by atoms with Crippen LogP contribution in [0.4, 0.5) is 0 Å². The van der Waals surface area contributed by atoms with Gasteiger partial charge in [-0.05, 0) is 44.2 Å². The molecule has 1 aromatic carbocycles. The lowest BCUT2D eigenvalue weighted by atomic mass is 9.87. The van der Waals surface area contributed by atoms with Gasteiger partial charge in [0.25, 0.3) is 0 Å². The smallest absolute Gasteiger partial charge is 0.0323 e. The first-order chi connectivity index (χ1) is 7.56. The zero-order valence-corrected chi connectivity index (χ0v) is 10.3. The average molecular weight is 218 g/mol. The summed E-state index contributed by atoms with van der Waals surface area (Å²) < 4.78 is 0. The number of hydrogen-bond donors (Lipinski definition) is 2. The lowest BCUT2D eigenvalue weighted by molar-refractivity contribution is 0.393. The summed E-state index contributed by atoms with van der Waals surface area (Å²) in [6.07, 6.45) is 3.73. The van der Waals surface area contributed by atoms with Crippen molar-refractivity contribution in [3.05, 3.63) is 35.4 Å². The topological polar surface area (TPSA) is 38.0 Å². The molecule has 0 fully saturated rings. The highest BCUT2D eigenvalue weighted by Crippen LogP contribution is 2.29. The molecule has 1 aliphatic carbocycles. The molecule has 3 N–H and O–H groups in total. The van der Waals surface area contributed by atoms with E-state index in [1.807, 2.05) is 0 Å². The molecule has 0 heterocycles. The van der Waals surface area contributed by atoms with Crippen LogP contribution in [0.3, 0.4) is 0 Å². The third-order valence-corrected chi connectivity index (χ3v) is 3.17. The van der Waals surface area contributed by atoms with Gasteiger partial charge in [0.2, 0.25) is 0 Å². The predicted molar refractivity (Wildman–Crippen MR) is 68.4 cm³/mol. The molecule has 0 amide bonds. The fourth-order valence-corrected chi connectivity index (χ4v) is 2.35. The van der Waals surface area contributed by atoms with E-state index in [0.717, 1.165) is 6.54 Å². The molecule has 0 aromatic heterocycles. The predicted octanol–water partition coefficient (Wildman–Crippen LogP) is 2.39. The van der Waals surface area contributed by atoms with Crippen LogP contribution in [0.2, 0.25) is 0 Å². The molecule has 0 aliphatic heterocycles. The second kappa shape index (κ2) is 4.56. The largest absolute Gasteiger partial charge is 0.324 e. The van der Waals surface area contributed by atoms with Crippen LogP contribution in [-0.2, 0) is 6.42 Å². The molecule has 1 aromatic rings. The summed E-state index contributed by atoms with van der Waals surface area (Å²) in [5.41, 5.74) is 8.85. The maximum Gasteiger partial charge on any atom is 0.0323 e. The number of fused-ring (bicyclic) bond motifs is 1. The van der Waals surface area contributed by atoms with Crippen molar-refractivity contribution < 1.29 is 0 Å². The van der Waals surface area contributed by atoms with Crippen LogP contribution in [0.1, 0.15) is 43.9 Å². The minimum absolute atomic E-state index is 0.133. The SMILES string of the molecule is CC(C)(N)CNC1CCCc2ccccc21. The van der Waals surface area contributed by atoms with Gasteiger partial charge in [-0.25, -0.2) is 0 Å². The van der Waals surface area contributed by atoms with E-state index in [4.69, 9.17) is 5.73 Å². The van der Waals surface area contributed by atoms with Crippen molar-refractivity contribution in [2.75, 3.05) is 6.54 Å². The number of nitrogens with two attached hydrogens (primary N) is 1. The third-order valence-electron chi connectivity index (χ3n) is 3.17. The van der Waals surface area contributed by atoms with Crippen molar-refractivity contribution in [1.82, 2.24) is 5.32 Å². The van der Waals surface area contributed by atoms with Gasteiger partial charge in [-0.1, -0.05) is 24.3 Å². The van der Waals surface area contributed by atoms with Gasteiger partial charge in [-0.2, -0.15) is 0 Å². The Morgan fingerprint density at radius 3 is 2.88 bits per heavy atom. The van der Waals surface area contributed by atoms with Crippen LogP contribution in [0.25, 0.3) is 0 Å². The van der Waals surface area contributed by atoms with Crippen LogP contribution in [0, 0.1) is 0 Å². The van der Waals surface area contributed by atoms with Gasteiger partial charge in [0.15, 0.2) is 0 Å². The summed E-state index contributed by atoms with van der Waals surface area (Å²) in [5, 5.41) is 3.59. The second-order valence-corrected chi connectivity index (χ2v) is 5.51. The quantitative estimate of drug-likeness (QED) is 0.817. The van der Waals surface area contributed by atoms with Crippen LogP contribution in [-0.4, -0.2) is 12.1 Å². The first-order valence-corrected chi connectivity index (χ1v) is 6.16. The zero-order chi connectivity index (χ0) is 11.6. The summed E-state index contributed by atoms with van der Waals surface area (Å²) in [7, 11) is 0. The molecule has 0 radical (unpaired) electrons. The molecule has 2 nitrogen and oxygen atoms in total. The van der Waals surface area contributed by atoms with Crippen molar-refractivity contribution in [2.45, 2.75) is 44.7 Å². The normalized spacial score (nSPS) is 20.6. The van der Waals surface area contributed by atoms with Gasteiger partial charge in [-0.15, -0.1) is 0 Å². The highest BCUT2D eigenvalue weighted by Gasteiger charge is 2.21. The van der Waals surface area contributed by atoms with Crippen molar-refractivity contribution in [3.8, 4) is 0 Å². The number of hydrogen-bond acceptors (Lipinski definition) is 2. The maximum absolute atomic E-state index is 6.01. The maximum atomic E-state index is 6.01. The van der Waals surface area contributed by atoms with Crippen LogP contribution >= 0.6 is 0 Å². The average Bonchev–Trinajstić information content (AvgIpc) is 2.25. The minimum Gasteiger partial charge on any atom is -0.324 e. The standard InChI is InChI=1S/C14H22N2/c1-14(2,15)10-16-13-9-5-7-11-6-3-4-8-12(11)13/h3-4,6,8,13,16H,5,7,9-10,15H2,1-2H3. The van der Waals surface area contributed by atoms with Crippen molar-refractivity contribution in [1.29, 1.82) is 0 Å². The summed E-state index contributed by atoms with van der Waals surface area (Å²) in [6.45, 7) is 5.00. The highest BCUT2D eigenvalue weighted by molar-refractivity contribution is 5.32. The first-order valence-electron chi connectivity index (χ1n) is 6.16. The second-order valence-electron chi connectivity index (χ2n) is 5.51. The molecule has 1 aliphatic rings. The summed E-state index contributed by atoms with van der Waals surface area (Å²) in [4.78, 5) is 0. The Morgan fingerprint density at radius 2 is 2.12 bits per heavy atom. The van der Waals surface area contributed by atoms with Crippen molar-refractivity contribution >= 4 is 0 Å². The van der Waals surface area contributed by atoms with E-state index < -0.39 is 0 Å². The summed E-state index contributed by atoms with van der Waals surface area (Å²) in [6, 6.07) is 9.25. The Bertz CT molecular complexity index is 352. The lowest BCUT2D eigenvalue weighted by Crippen LogP contribution is -2.44. The number of aryl methyl sites for hydroxylation is 1. The Morgan fingerprint density at radius 1 is 1.38 bits per heavy atom. The Labute approximate surface area is 98.2 Å². The third kappa shape index (κ3) is 2.83. The van der Waals surface area contributed by atoms with Gasteiger partial charge in [0, 0.05) is 18.1 Å². The molecule has 2 rings (SSSR count). The molecule has 0 saturated carbocycles. The lowest BCUT2D eigenvalue weighted by Gasteiger charge is -2.29. The van der Waals surface area contributed by atoms with Gasteiger partial charge >= 0.3 is 0 Å². The Hall–Kier alpha value is -0.860. The number of nitrogens with one attached hydrogen (secondary N) is 1. The van der Waals surface area contributed by atoms with Crippen LogP contribution < -0.4 is 11.1 Å². The van der Waals surface area contributed by atoms with E-state index in [1.165, 1.54) is 30.4 Å². The molecule has 1 atom stereocenters. The van der Waals surface area contributed by atoms with Gasteiger partial charge < -0.3 is 11.1 Å². The monoisotopic (exact) mass is 218 g/mol. The molecule has 0 spiro atoms.